The van der Waals surface area contributed by atoms with Gasteiger partial charge in [-0.2, -0.15) is 0 Å². The number of benzene rings is 1. The smallest absolute Gasteiger partial charge is 0.111 e. The Bertz CT molecular complexity index is 645. The Kier molecular flexibility index (Phi) is 4.04. The number of pyridine rings is 1. The maximum absolute atomic E-state index is 4.68. The second kappa shape index (κ2) is 6.11. The third-order valence-corrected chi connectivity index (χ3v) is 4.49. The number of aromatic nitrogens is 2. The monoisotopic (exact) mass is 283 g/mol. The Balaban J connectivity index is 1.60. The Morgan fingerprint density at radius 3 is 2.90 bits per heavy atom. The SMILES string of the molecule is CC(NCCc1cccnc1)c1nc2ccccc2s1. The lowest BCUT2D eigenvalue weighted by Crippen LogP contribution is -2.21. The van der Waals surface area contributed by atoms with Crippen molar-refractivity contribution in [1.29, 1.82) is 0 Å². The quantitative estimate of drug-likeness (QED) is 0.777. The minimum atomic E-state index is 0.282. The molecule has 0 saturated heterocycles. The summed E-state index contributed by atoms with van der Waals surface area (Å²) in [6.07, 6.45) is 4.72. The van der Waals surface area contributed by atoms with Gasteiger partial charge in [-0.05, 0) is 43.7 Å². The third-order valence-electron chi connectivity index (χ3n) is 3.27. The van der Waals surface area contributed by atoms with Crippen LogP contribution in [0.15, 0.2) is 48.8 Å². The molecule has 3 nitrogen and oxygen atoms in total. The average Bonchev–Trinajstić information content (AvgIpc) is 2.92. The van der Waals surface area contributed by atoms with E-state index in [1.165, 1.54) is 10.3 Å². The van der Waals surface area contributed by atoms with Gasteiger partial charge in [0.2, 0.25) is 0 Å². The van der Waals surface area contributed by atoms with Crippen LogP contribution in [0.5, 0.6) is 0 Å². The Labute approximate surface area is 122 Å². The van der Waals surface area contributed by atoms with E-state index >= 15 is 0 Å². The highest BCUT2D eigenvalue weighted by molar-refractivity contribution is 7.18. The van der Waals surface area contributed by atoms with E-state index in [-0.39, 0.29) is 6.04 Å². The summed E-state index contributed by atoms with van der Waals surface area (Å²) in [6, 6.07) is 12.7. The van der Waals surface area contributed by atoms with Crippen LogP contribution in [-0.2, 0) is 6.42 Å². The number of hydrogen-bond donors (Lipinski definition) is 1. The number of hydrogen-bond acceptors (Lipinski definition) is 4. The van der Waals surface area contributed by atoms with Crippen molar-refractivity contribution in [3.63, 3.8) is 0 Å². The first-order valence-electron chi connectivity index (χ1n) is 6.81. The van der Waals surface area contributed by atoms with Gasteiger partial charge in [-0.1, -0.05) is 18.2 Å². The van der Waals surface area contributed by atoms with Crippen LogP contribution >= 0.6 is 11.3 Å². The van der Waals surface area contributed by atoms with Crippen LogP contribution in [0, 0.1) is 0 Å². The van der Waals surface area contributed by atoms with E-state index in [0.29, 0.717) is 0 Å². The fourth-order valence-electron chi connectivity index (χ4n) is 2.14. The summed E-state index contributed by atoms with van der Waals surface area (Å²) in [6.45, 7) is 3.10. The maximum Gasteiger partial charge on any atom is 0.111 e. The van der Waals surface area contributed by atoms with Crippen molar-refractivity contribution in [3.8, 4) is 0 Å². The Morgan fingerprint density at radius 1 is 1.20 bits per heavy atom. The topological polar surface area (TPSA) is 37.8 Å². The maximum atomic E-state index is 4.68. The Morgan fingerprint density at radius 2 is 2.10 bits per heavy atom. The molecule has 0 fully saturated rings. The molecule has 2 heterocycles. The molecule has 1 unspecified atom stereocenters. The van der Waals surface area contributed by atoms with E-state index < -0.39 is 0 Å². The van der Waals surface area contributed by atoms with E-state index in [1.807, 2.05) is 18.3 Å². The van der Waals surface area contributed by atoms with E-state index in [1.54, 1.807) is 17.5 Å². The van der Waals surface area contributed by atoms with Gasteiger partial charge in [0.15, 0.2) is 0 Å². The van der Waals surface area contributed by atoms with Gasteiger partial charge in [0, 0.05) is 12.4 Å². The summed E-state index contributed by atoms with van der Waals surface area (Å²) < 4.78 is 1.25. The molecule has 2 aromatic heterocycles. The molecule has 0 spiro atoms. The van der Waals surface area contributed by atoms with Crippen LogP contribution in [0.4, 0.5) is 0 Å². The second-order valence-corrected chi connectivity index (χ2v) is 5.87. The lowest BCUT2D eigenvalue weighted by Gasteiger charge is -2.10. The summed E-state index contributed by atoms with van der Waals surface area (Å²) in [7, 11) is 0. The second-order valence-electron chi connectivity index (χ2n) is 4.81. The Hall–Kier alpha value is -1.78. The predicted octanol–water partition coefficient (Wildman–Crippen LogP) is 3.58. The molecule has 3 rings (SSSR count). The van der Waals surface area contributed by atoms with E-state index in [4.69, 9.17) is 0 Å². The molecular formula is C16H17N3S. The van der Waals surface area contributed by atoms with Gasteiger partial charge in [0.25, 0.3) is 0 Å². The first kappa shape index (κ1) is 13.2. The zero-order valence-corrected chi connectivity index (χ0v) is 12.2. The normalized spacial score (nSPS) is 12.7. The standard InChI is InChI=1S/C16H17N3S/c1-12(18-10-8-13-5-4-9-17-11-13)16-19-14-6-2-3-7-15(14)20-16/h2-7,9,11-12,18H,8,10H2,1H3. The lowest BCUT2D eigenvalue weighted by molar-refractivity contribution is 0.574. The van der Waals surface area contributed by atoms with Crippen molar-refractivity contribution in [2.75, 3.05) is 6.54 Å². The van der Waals surface area contributed by atoms with Crippen molar-refractivity contribution in [3.05, 3.63) is 59.4 Å². The highest BCUT2D eigenvalue weighted by Crippen LogP contribution is 2.25. The van der Waals surface area contributed by atoms with Crippen molar-refractivity contribution < 1.29 is 0 Å². The molecule has 0 amide bonds. The molecule has 4 heteroatoms. The first-order valence-corrected chi connectivity index (χ1v) is 7.62. The van der Waals surface area contributed by atoms with Crippen molar-refractivity contribution in [1.82, 2.24) is 15.3 Å². The third kappa shape index (κ3) is 3.03. The molecule has 1 aromatic carbocycles. The molecule has 1 atom stereocenters. The van der Waals surface area contributed by atoms with Crippen LogP contribution in [0.25, 0.3) is 10.2 Å². The molecule has 0 saturated carbocycles. The number of fused-ring (bicyclic) bond motifs is 1. The number of thiazole rings is 1. The largest absolute Gasteiger partial charge is 0.308 e. The van der Waals surface area contributed by atoms with E-state index in [9.17, 15) is 0 Å². The highest BCUT2D eigenvalue weighted by atomic mass is 32.1. The molecule has 0 aliphatic heterocycles. The molecule has 0 bridgehead atoms. The van der Waals surface area contributed by atoms with Crippen LogP contribution in [0.2, 0.25) is 0 Å². The van der Waals surface area contributed by atoms with Gasteiger partial charge in [0.1, 0.15) is 5.01 Å². The fraction of sp³-hybridized carbons (Fsp3) is 0.250. The zero-order valence-electron chi connectivity index (χ0n) is 11.4. The van der Waals surface area contributed by atoms with Crippen LogP contribution in [0.3, 0.4) is 0 Å². The molecule has 20 heavy (non-hydrogen) atoms. The van der Waals surface area contributed by atoms with Crippen molar-refractivity contribution in [2.24, 2.45) is 0 Å². The summed E-state index contributed by atoms with van der Waals surface area (Å²) in [5, 5.41) is 4.68. The van der Waals surface area contributed by atoms with Crippen LogP contribution in [-0.4, -0.2) is 16.5 Å². The minimum absolute atomic E-state index is 0.282. The van der Waals surface area contributed by atoms with E-state index in [2.05, 4.69) is 46.5 Å². The van der Waals surface area contributed by atoms with Gasteiger partial charge in [-0.15, -0.1) is 11.3 Å². The van der Waals surface area contributed by atoms with Gasteiger partial charge in [-0.25, -0.2) is 4.98 Å². The molecule has 0 aliphatic carbocycles. The lowest BCUT2D eigenvalue weighted by atomic mass is 10.2. The summed E-state index contributed by atoms with van der Waals surface area (Å²) in [4.78, 5) is 8.81. The number of nitrogens with one attached hydrogen (secondary N) is 1. The number of para-hydroxylation sites is 1. The minimum Gasteiger partial charge on any atom is -0.308 e. The number of rotatable bonds is 5. The summed E-state index contributed by atoms with van der Waals surface area (Å²) in [5.74, 6) is 0. The van der Waals surface area contributed by atoms with Crippen molar-refractivity contribution >= 4 is 21.6 Å². The van der Waals surface area contributed by atoms with Crippen LogP contribution < -0.4 is 5.32 Å². The molecule has 0 aliphatic rings. The average molecular weight is 283 g/mol. The van der Waals surface area contributed by atoms with E-state index in [0.717, 1.165) is 23.5 Å². The molecular weight excluding hydrogens is 266 g/mol. The molecule has 102 valence electrons. The molecule has 1 N–H and O–H groups in total. The highest BCUT2D eigenvalue weighted by Gasteiger charge is 2.10. The van der Waals surface area contributed by atoms with Gasteiger partial charge in [-0.3, -0.25) is 4.98 Å². The molecule has 3 aromatic rings. The number of nitrogens with zero attached hydrogens (tertiary/aromatic N) is 2. The van der Waals surface area contributed by atoms with Crippen molar-refractivity contribution in [2.45, 2.75) is 19.4 Å². The van der Waals surface area contributed by atoms with Gasteiger partial charge < -0.3 is 5.32 Å². The van der Waals surface area contributed by atoms with Crippen LogP contribution in [0.1, 0.15) is 23.5 Å². The van der Waals surface area contributed by atoms with Gasteiger partial charge in [0.05, 0.1) is 16.3 Å². The summed E-state index contributed by atoms with van der Waals surface area (Å²) in [5.41, 5.74) is 2.35. The molecule has 0 radical (unpaired) electrons. The zero-order chi connectivity index (χ0) is 13.8. The first-order chi connectivity index (χ1) is 9.83. The predicted molar refractivity (Wildman–Crippen MR) is 84.0 cm³/mol. The van der Waals surface area contributed by atoms with Gasteiger partial charge >= 0.3 is 0 Å². The summed E-state index contributed by atoms with van der Waals surface area (Å²) >= 11 is 1.77. The fourth-order valence-corrected chi connectivity index (χ4v) is 3.14.